The Bertz CT molecular complexity index is 547. The second kappa shape index (κ2) is 10.7. The van der Waals surface area contributed by atoms with Crippen molar-refractivity contribution in [3.8, 4) is 0 Å². The third-order valence-electron chi connectivity index (χ3n) is 2.63. The summed E-state index contributed by atoms with van der Waals surface area (Å²) in [4.78, 5) is 20.2. The van der Waals surface area contributed by atoms with Gasteiger partial charge < -0.3 is 30.0 Å². The van der Waals surface area contributed by atoms with Crippen molar-refractivity contribution in [2.75, 3.05) is 0 Å². The quantitative estimate of drug-likeness (QED) is 0.563. The van der Waals surface area contributed by atoms with Crippen molar-refractivity contribution >= 4 is 35.0 Å². The molecule has 0 saturated carbocycles. The molecule has 116 valence electrons. The molecule has 0 amide bonds. The molecule has 0 aromatic heterocycles. The van der Waals surface area contributed by atoms with Gasteiger partial charge in [0.1, 0.15) is 0 Å². The van der Waals surface area contributed by atoms with E-state index in [0.29, 0.717) is 0 Å². The number of carboxylic acids is 2. The maximum absolute atomic E-state index is 10.8. The van der Waals surface area contributed by atoms with E-state index in [9.17, 15) is 30.0 Å². The van der Waals surface area contributed by atoms with Gasteiger partial charge in [-0.2, -0.15) is 0 Å². The zero-order valence-electron chi connectivity index (χ0n) is 12.1. The molecule has 2 unspecified atom stereocenters. The van der Waals surface area contributed by atoms with Crippen molar-refractivity contribution < 1.29 is 30.0 Å². The van der Waals surface area contributed by atoms with Crippen molar-refractivity contribution in [2.24, 2.45) is 0 Å². The first-order valence-corrected chi connectivity index (χ1v) is 6.26. The molecule has 2 rings (SSSR count). The number of carbonyl (C=O) groups excluding carboxylic acids is 2. The van der Waals surface area contributed by atoms with Gasteiger partial charge in [-0.3, -0.25) is 0 Å². The summed E-state index contributed by atoms with van der Waals surface area (Å²) in [5, 5.41) is 41.7. The molecule has 7 heteroatoms. The number of carbonyl (C=O) groups is 2. The largest absolute Gasteiger partial charge is 2.00 e. The van der Waals surface area contributed by atoms with Crippen molar-refractivity contribution in [1.29, 1.82) is 0 Å². The van der Waals surface area contributed by atoms with Crippen LogP contribution in [0.4, 0.5) is 0 Å². The first-order chi connectivity index (χ1) is 10.4. The number of hydrogen-bond acceptors (Lipinski definition) is 6. The summed E-state index contributed by atoms with van der Waals surface area (Å²) in [7, 11) is 0. The van der Waals surface area contributed by atoms with E-state index in [1.54, 1.807) is 36.4 Å². The van der Waals surface area contributed by atoms with Gasteiger partial charge in [-0.1, -0.05) is 84.0 Å². The molecule has 23 heavy (non-hydrogen) atoms. The Labute approximate surface area is 149 Å². The summed E-state index contributed by atoms with van der Waals surface area (Å²) >= 11 is 0. The molecule has 2 aromatic carbocycles. The minimum atomic E-state index is -1.77. The summed E-state index contributed by atoms with van der Waals surface area (Å²) in [6, 6.07) is 15.7. The second-order valence-electron chi connectivity index (χ2n) is 4.22. The van der Waals surface area contributed by atoms with Crippen molar-refractivity contribution in [1.82, 2.24) is 0 Å². The first-order valence-electron chi connectivity index (χ1n) is 6.26. The Morgan fingerprint density at radius 2 is 0.913 bits per heavy atom. The second-order valence-corrected chi connectivity index (χ2v) is 4.22. The van der Waals surface area contributed by atoms with Gasteiger partial charge in [-0.15, -0.1) is 0 Å². The number of aliphatic carboxylic acids is 2. The maximum atomic E-state index is 10.8. The normalized spacial score (nSPS) is 11.9. The monoisotopic (exact) mass is 324 g/mol. The molecule has 6 nitrogen and oxygen atoms in total. The predicted molar refractivity (Wildman–Crippen MR) is 74.1 cm³/mol. The number of benzene rings is 2. The van der Waals surface area contributed by atoms with Crippen LogP contribution in [0.3, 0.4) is 0 Å². The summed E-state index contributed by atoms with van der Waals surface area (Å²) in [6.45, 7) is 0. The van der Waals surface area contributed by atoms with E-state index in [1.807, 2.05) is 0 Å². The number of carboxylic acid groups (broad SMARTS) is 2. The van der Waals surface area contributed by atoms with Gasteiger partial charge in [0.25, 0.3) is 0 Å². The molecule has 0 saturated heterocycles. The molecule has 0 aliphatic rings. The zero-order valence-corrected chi connectivity index (χ0v) is 13.5. The van der Waals surface area contributed by atoms with E-state index in [4.69, 9.17) is 0 Å². The Kier molecular flexibility index (Phi) is 9.83. The minimum absolute atomic E-state index is 0. The van der Waals surface area contributed by atoms with Crippen LogP contribution < -0.4 is 20.4 Å². The smallest absolute Gasteiger partial charge is 0.844 e. The fourth-order valence-electron chi connectivity index (χ4n) is 1.53. The summed E-state index contributed by atoms with van der Waals surface area (Å²) in [5.74, 6) is -3.17. The summed E-state index contributed by atoms with van der Waals surface area (Å²) in [6.07, 6.45) is -3.53. The molecule has 0 fully saturated rings. The van der Waals surface area contributed by atoms with Crippen LogP contribution in [-0.2, 0) is 9.59 Å². The van der Waals surface area contributed by atoms with E-state index >= 15 is 0 Å². The predicted octanol–water partition coefficient (Wildman–Crippen LogP) is -2.70. The fourth-order valence-corrected chi connectivity index (χ4v) is 1.53. The summed E-state index contributed by atoms with van der Waals surface area (Å²) in [5.41, 5.74) is 0.458. The molecule has 0 spiro atoms. The number of hydrogen-bond donors (Lipinski definition) is 0. The zero-order chi connectivity index (χ0) is 16.5. The van der Waals surface area contributed by atoms with Gasteiger partial charge >= 0.3 is 23.1 Å². The Morgan fingerprint density at radius 1 is 0.652 bits per heavy atom. The van der Waals surface area contributed by atoms with Crippen LogP contribution in [0.15, 0.2) is 60.7 Å². The minimum Gasteiger partial charge on any atom is -0.844 e. The van der Waals surface area contributed by atoms with Gasteiger partial charge in [0, 0.05) is 11.9 Å². The van der Waals surface area contributed by atoms with Crippen LogP contribution in [-0.4, -0.2) is 35.0 Å². The molecule has 0 aliphatic carbocycles. The molecular formula is C16H12MgO6-2. The number of rotatable bonds is 4. The van der Waals surface area contributed by atoms with Crippen LogP contribution in [0.1, 0.15) is 23.3 Å². The molecule has 2 aromatic rings. The van der Waals surface area contributed by atoms with Crippen molar-refractivity contribution in [3.05, 3.63) is 71.8 Å². The maximum Gasteiger partial charge on any atom is 2.00 e. The molecule has 0 radical (unpaired) electrons. The van der Waals surface area contributed by atoms with E-state index < -0.39 is 24.1 Å². The van der Waals surface area contributed by atoms with Crippen LogP contribution in [0.25, 0.3) is 0 Å². The third kappa shape index (κ3) is 7.25. The molecule has 0 N–H and O–H groups in total. The van der Waals surface area contributed by atoms with Crippen LogP contribution in [0, 0.1) is 0 Å². The summed E-state index contributed by atoms with van der Waals surface area (Å²) < 4.78 is 0. The molecular weight excluding hydrogens is 312 g/mol. The van der Waals surface area contributed by atoms with Crippen molar-refractivity contribution in [2.45, 2.75) is 12.2 Å². The standard InChI is InChI=1S/2C8H7O3.Mg/c2*9-7(8(10)11)6-4-2-1-3-5-6;/h2*1-5,7H,(H,10,11);/q2*-1;+2/p-2. The average Bonchev–Trinajstić information content (AvgIpc) is 2.55. The fraction of sp³-hybridized carbons (Fsp3) is 0.125. The molecule has 2 atom stereocenters. The molecule has 0 aliphatic heterocycles. The Balaban J connectivity index is 0.000000403. The van der Waals surface area contributed by atoms with Gasteiger partial charge in [0.2, 0.25) is 0 Å². The van der Waals surface area contributed by atoms with E-state index in [1.165, 1.54) is 24.3 Å². The Morgan fingerprint density at radius 3 is 1.13 bits per heavy atom. The van der Waals surface area contributed by atoms with Crippen LogP contribution in [0.2, 0.25) is 0 Å². The van der Waals surface area contributed by atoms with E-state index in [-0.39, 0.29) is 34.2 Å². The SMILES string of the molecule is O=C([O-])C([O-])c1ccccc1.O=C([O-])C([O-])c1ccccc1.[Mg+2]. The third-order valence-corrected chi connectivity index (χ3v) is 2.63. The van der Waals surface area contributed by atoms with Crippen molar-refractivity contribution in [3.63, 3.8) is 0 Å². The van der Waals surface area contributed by atoms with Gasteiger partial charge in [-0.05, 0) is 0 Å². The topological polar surface area (TPSA) is 126 Å². The van der Waals surface area contributed by atoms with Gasteiger partial charge in [0.15, 0.2) is 0 Å². The van der Waals surface area contributed by atoms with E-state index in [0.717, 1.165) is 0 Å². The van der Waals surface area contributed by atoms with E-state index in [2.05, 4.69) is 0 Å². The van der Waals surface area contributed by atoms with Gasteiger partial charge in [-0.25, -0.2) is 0 Å². The first kappa shape index (κ1) is 21.1. The Hall–Kier alpha value is -1.93. The molecule has 0 bridgehead atoms. The average molecular weight is 325 g/mol. The van der Waals surface area contributed by atoms with Crippen LogP contribution in [0.5, 0.6) is 0 Å². The molecule has 0 heterocycles. The van der Waals surface area contributed by atoms with Crippen LogP contribution >= 0.6 is 0 Å². The van der Waals surface area contributed by atoms with Gasteiger partial charge in [0.05, 0.1) is 0 Å².